The van der Waals surface area contributed by atoms with Crippen molar-refractivity contribution in [2.45, 2.75) is 90.4 Å². The van der Waals surface area contributed by atoms with E-state index < -0.39 is 0 Å². The molecule has 0 aliphatic heterocycles. The van der Waals surface area contributed by atoms with Crippen LogP contribution in [-0.4, -0.2) is 9.97 Å². The third kappa shape index (κ3) is 5.89. The molecule has 27 heavy (non-hydrogen) atoms. The normalized spacial score (nSPS) is 19.9. The molecule has 1 fully saturated rings. The smallest absolute Gasteiger partial charge is 0.131 e. The number of hydrogen-bond donors (Lipinski definition) is 0. The number of nitrogens with zero attached hydrogens (tertiary/aromatic N) is 2. The highest BCUT2D eigenvalue weighted by Gasteiger charge is 2.23. The van der Waals surface area contributed by atoms with Crippen LogP contribution < -0.4 is 0 Å². The molecule has 0 atom stereocenters. The quantitative estimate of drug-likeness (QED) is 0.435. The van der Waals surface area contributed by atoms with Gasteiger partial charge in [0.15, 0.2) is 0 Å². The SMILES string of the molecule is CCCCCC1CCC(c2ncc(-c3ccc(CCCC)cc3)cn2)CC1. The van der Waals surface area contributed by atoms with Crippen molar-refractivity contribution in [2.24, 2.45) is 5.92 Å². The average Bonchev–Trinajstić information content (AvgIpc) is 2.73. The van der Waals surface area contributed by atoms with E-state index >= 15 is 0 Å². The van der Waals surface area contributed by atoms with Crippen molar-refractivity contribution < 1.29 is 0 Å². The number of hydrogen-bond acceptors (Lipinski definition) is 2. The molecule has 1 aromatic heterocycles. The van der Waals surface area contributed by atoms with E-state index in [1.807, 2.05) is 12.4 Å². The Morgan fingerprint density at radius 1 is 0.778 bits per heavy atom. The Labute approximate surface area is 165 Å². The average molecular weight is 365 g/mol. The molecule has 1 aliphatic carbocycles. The van der Waals surface area contributed by atoms with Crippen molar-refractivity contribution in [1.82, 2.24) is 9.97 Å². The zero-order valence-corrected chi connectivity index (χ0v) is 17.3. The lowest BCUT2D eigenvalue weighted by Gasteiger charge is -2.27. The van der Waals surface area contributed by atoms with Crippen molar-refractivity contribution in [3.05, 3.63) is 48.0 Å². The van der Waals surface area contributed by atoms with Crippen LogP contribution in [0.3, 0.4) is 0 Å². The molecule has 2 heteroatoms. The molecule has 0 spiro atoms. The molecule has 0 radical (unpaired) electrons. The second-order valence-electron chi connectivity index (χ2n) is 8.34. The highest BCUT2D eigenvalue weighted by atomic mass is 14.9. The van der Waals surface area contributed by atoms with Crippen LogP contribution in [0.25, 0.3) is 11.1 Å². The summed E-state index contributed by atoms with van der Waals surface area (Å²) in [5.41, 5.74) is 3.78. The van der Waals surface area contributed by atoms with Crippen LogP contribution in [0.1, 0.15) is 95.4 Å². The van der Waals surface area contributed by atoms with Crippen LogP contribution in [0.2, 0.25) is 0 Å². The minimum Gasteiger partial charge on any atom is -0.240 e. The van der Waals surface area contributed by atoms with Gasteiger partial charge in [-0.1, -0.05) is 70.2 Å². The van der Waals surface area contributed by atoms with E-state index in [1.165, 1.54) is 81.8 Å². The summed E-state index contributed by atoms with van der Waals surface area (Å²) in [5, 5.41) is 0. The Hall–Kier alpha value is -1.70. The molecular weight excluding hydrogens is 328 g/mol. The van der Waals surface area contributed by atoms with Crippen molar-refractivity contribution >= 4 is 0 Å². The van der Waals surface area contributed by atoms with Gasteiger partial charge in [-0.25, -0.2) is 9.97 Å². The molecular formula is C25H36N2. The lowest BCUT2D eigenvalue weighted by atomic mass is 9.79. The molecule has 2 aromatic rings. The minimum atomic E-state index is 0.567. The summed E-state index contributed by atoms with van der Waals surface area (Å²) in [6.45, 7) is 4.53. The van der Waals surface area contributed by atoms with E-state index in [-0.39, 0.29) is 0 Å². The lowest BCUT2D eigenvalue weighted by Crippen LogP contribution is -2.15. The maximum absolute atomic E-state index is 4.74. The molecule has 1 saturated carbocycles. The second-order valence-corrected chi connectivity index (χ2v) is 8.34. The standard InChI is InChI=1S/C25H36N2/c1-3-5-7-9-21-12-16-23(17-13-21)25-26-18-24(19-27-25)22-14-10-20(11-15-22)8-6-4-2/h10-11,14-15,18-19,21,23H,3-9,12-13,16-17H2,1-2H3. The van der Waals surface area contributed by atoms with Gasteiger partial charge in [-0.2, -0.15) is 0 Å². The van der Waals surface area contributed by atoms with E-state index in [9.17, 15) is 0 Å². The van der Waals surface area contributed by atoms with Gasteiger partial charge in [0.1, 0.15) is 5.82 Å². The summed E-state index contributed by atoms with van der Waals surface area (Å²) in [4.78, 5) is 9.48. The van der Waals surface area contributed by atoms with Crippen molar-refractivity contribution in [3.8, 4) is 11.1 Å². The lowest BCUT2D eigenvalue weighted by molar-refractivity contribution is 0.297. The van der Waals surface area contributed by atoms with Crippen molar-refractivity contribution in [1.29, 1.82) is 0 Å². The summed E-state index contributed by atoms with van der Waals surface area (Å²) in [7, 11) is 0. The molecule has 2 nitrogen and oxygen atoms in total. The minimum absolute atomic E-state index is 0.567. The Bertz CT molecular complexity index is 652. The fraction of sp³-hybridized carbons (Fsp3) is 0.600. The van der Waals surface area contributed by atoms with E-state index in [1.54, 1.807) is 0 Å². The van der Waals surface area contributed by atoms with Crippen LogP contribution >= 0.6 is 0 Å². The predicted octanol–water partition coefficient (Wildman–Crippen LogP) is 7.34. The molecule has 146 valence electrons. The van der Waals surface area contributed by atoms with Crippen LogP contribution in [0.5, 0.6) is 0 Å². The van der Waals surface area contributed by atoms with Crippen LogP contribution in [-0.2, 0) is 6.42 Å². The highest BCUT2D eigenvalue weighted by molar-refractivity contribution is 5.61. The summed E-state index contributed by atoms with van der Waals surface area (Å²) >= 11 is 0. The Morgan fingerprint density at radius 2 is 1.44 bits per heavy atom. The molecule has 0 bridgehead atoms. The largest absolute Gasteiger partial charge is 0.240 e. The van der Waals surface area contributed by atoms with Crippen LogP contribution in [0.15, 0.2) is 36.7 Å². The monoisotopic (exact) mass is 364 g/mol. The summed E-state index contributed by atoms with van der Waals surface area (Å²) in [6, 6.07) is 8.92. The summed E-state index contributed by atoms with van der Waals surface area (Å²) < 4.78 is 0. The van der Waals surface area contributed by atoms with E-state index in [4.69, 9.17) is 9.97 Å². The first kappa shape index (κ1) is 20.0. The van der Waals surface area contributed by atoms with Gasteiger partial charge in [0.2, 0.25) is 0 Å². The Balaban J connectivity index is 1.53. The first-order chi connectivity index (χ1) is 13.3. The molecule has 0 amide bonds. The Kier molecular flexibility index (Phi) is 7.86. The van der Waals surface area contributed by atoms with E-state index in [0.29, 0.717) is 5.92 Å². The molecule has 0 N–H and O–H groups in total. The topological polar surface area (TPSA) is 25.8 Å². The predicted molar refractivity (Wildman–Crippen MR) is 115 cm³/mol. The fourth-order valence-electron chi connectivity index (χ4n) is 4.34. The summed E-state index contributed by atoms with van der Waals surface area (Å²) in [5.74, 6) is 2.57. The van der Waals surface area contributed by atoms with Gasteiger partial charge >= 0.3 is 0 Å². The van der Waals surface area contributed by atoms with E-state index in [0.717, 1.165) is 17.3 Å². The number of aryl methyl sites for hydroxylation is 1. The van der Waals surface area contributed by atoms with Gasteiger partial charge in [0, 0.05) is 23.9 Å². The van der Waals surface area contributed by atoms with Gasteiger partial charge in [-0.05, 0) is 55.6 Å². The van der Waals surface area contributed by atoms with Crippen LogP contribution in [0.4, 0.5) is 0 Å². The fourth-order valence-corrected chi connectivity index (χ4v) is 4.34. The number of rotatable bonds is 9. The van der Waals surface area contributed by atoms with Crippen molar-refractivity contribution in [3.63, 3.8) is 0 Å². The number of aromatic nitrogens is 2. The maximum atomic E-state index is 4.74. The third-order valence-corrected chi connectivity index (χ3v) is 6.21. The van der Waals surface area contributed by atoms with E-state index in [2.05, 4.69) is 38.1 Å². The molecule has 1 heterocycles. The first-order valence-electron chi connectivity index (χ1n) is 11.2. The highest BCUT2D eigenvalue weighted by Crippen LogP contribution is 2.36. The maximum Gasteiger partial charge on any atom is 0.131 e. The van der Waals surface area contributed by atoms with Gasteiger partial charge in [-0.15, -0.1) is 0 Å². The van der Waals surface area contributed by atoms with Crippen LogP contribution in [0, 0.1) is 5.92 Å². The third-order valence-electron chi connectivity index (χ3n) is 6.21. The summed E-state index contributed by atoms with van der Waals surface area (Å²) in [6.07, 6.45) is 18.5. The molecule has 1 aromatic carbocycles. The molecule has 3 rings (SSSR count). The van der Waals surface area contributed by atoms with Gasteiger partial charge in [0.05, 0.1) is 0 Å². The second kappa shape index (κ2) is 10.6. The van der Waals surface area contributed by atoms with Crippen molar-refractivity contribution in [2.75, 3.05) is 0 Å². The number of unbranched alkanes of at least 4 members (excludes halogenated alkanes) is 3. The Morgan fingerprint density at radius 3 is 2.07 bits per heavy atom. The van der Waals surface area contributed by atoms with Gasteiger partial charge in [0.25, 0.3) is 0 Å². The zero-order valence-electron chi connectivity index (χ0n) is 17.3. The van der Waals surface area contributed by atoms with Gasteiger partial charge in [-0.3, -0.25) is 0 Å². The molecule has 0 saturated heterocycles. The molecule has 0 unspecified atom stereocenters. The zero-order chi connectivity index (χ0) is 18.9. The molecule has 1 aliphatic rings. The number of benzene rings is 1. The van der Waals surface area contributed by atoms with Gasteiger partial charge < -0.3 is 0 Å². The first-order valence-corrected chi connectivity index (χ1v) is 11.2.